The molecule has 1 amide bonds. The summed E-state index contributed by atoms with van der Waals surface area (Å²) in [6.07, 6.45) is 1.29. The Morgan fingerprint density at radius 2 is 1.61 bits per heavy atom. The van der Waals surface area contributed by atoms with Crippen molar-refractivity contribution in [2.45, 2.75) is 19.8 Å². The van der Waals surface area contributed by atoms with Crippen LogP contribution in [-0.4, -0.2) is 42.0 Å². The van der Waals surface area contributed by atoms with Gasteiger partial charge in [0.15, 0.2) is 0 Å². The average Bonchev–Trinajstić information content (AvgIpc) is 3.08. The highest BCUT2D eigenvalue weighted by atomic mass is 32.1. The third-order valence-electron chi connectivity index (χ3n) is 5.20. The predicted molar refractivity (Wildman–Crippen MR) is 115 cm³/mol. The van der Waals surface area contributed by atoms with Crippen LogP contribution >= 0.6 is 11.3 Å². The summed E-state index contributed by atoms with van der Waals surface area (Å²) in [4.78, 5) is 23.0. The van der Waals surface area contributed by atoms with Crippen LogP contribution in [0.4, 0.5) is 5.69 Å². The molecule has 1 aliphatic heterocycles. The summed E-state index contributed by atoms with van der Waals surface area (Å²) in [6.45, 7) is 5.35. The van der Waals surface area contributed by atoms with Crippen LogP contribution in [0.5, 0.6) is 0 Å². The zero-order valence-corrected chi connectivity index (χ0v) is 17.0. The molecule has 0 atom stereocenters. The van der Waals surface area contributed by atoms with Crippen LogP contribution < -0.4 is 4.90 Å². The average molecular weight is 392 g/mol. The minimum atomic E-state index is 0.214. The van der Waals surface area contributed by atoms with E-state index in [2.05, 4.69) is 53.4 Å². The number of anilines is 1. The van der Waals surface area contributed by atoms with Crippen LogP contribution in [0.3, 0.4) is 0 Å². The normalized spacial score (nSPS) is 14.3. The molecule has 144 valence electrons. The highest BCUT2D eigenvalue weighted by Gasteiger charge is 2.22. The van der Waals surface area contributed by atoms with E-state index in [0.29, 0.717) is 6.42 Å². The van der Waals surface area contributed by atoms with Gasteiger partial charge in [-0.2, -0.15) is 0 Å². The number of thiazole rings is 1. The molecular formula is C23H25N3OS. The van der Waals surface area contributed by atoms with Crippen molar-refractivity contribution < 1.29 is 4.79 Å². The molecular weight excluding hydrogens is 366 g/mol. The van der Waals surface area contributed by atoms with E-state index in [0.717, 1.165) is 48.2 Å². The van der Waals surface area contributed by atoms with Gasteiger partial charge in [-0.15, -0.1) is 11.3 Å². The van der Waals surface area contributed by atoms with Crippen LogP contribution in [0, 0.1) is 6.92 Å². The van der Waals surface area contributed by atoms with Crippen LogP contribution in [0.1, 0.15) is 21.1 Å². The second kappa shape index (κ2) is 8.57. The van der Waals surface area contributed by atoms with Gasteiger partial charge in [0.05, 0.1) is 17.1 Å². The molecule has 28 heavy (non-hydrogen) atoms. The molecule has 1 aliphatic rings. The van der Waals surface area contributed by atoms with Crippen molar-refractivity contribution in [3.8, 4) is 0 Å². The van der Waals surface area contributed by atoms with E-state index in [1.807, 2.05) is 24.0 Å². The van der Waals surface area contributed by atoms with E-state index < -0.39 is 0 Å². The Morgan fingerprint density at radius 3 is 2.29 bits per heavy atom. The summed E-state index contributed by atoms with van der Waals surface area (Å²) in [5.41, 5.74) is 3.48. The van der Waals surface area contributed by atoms with E-state index in [9.17, 15) is 4.79 Å². The van der Waals surface area contributed by atoms with E-state index in [-0.39, 0.29) is 5.91 Å². The number of aromatic nitrogens is 1. The Kier molecular flexibility index (Phi) is 5.72. The van der Waals surface area contributed by atoms with Crippen molar-refractivity contribution in [1.29, 1.82) is 0 Å². The molecule has 1 fully saturated rings. The minimum absolute atomic E-state index is 0.214. The van der Waals surface area contributed by atoms with Crippen molar-refractivity contribution in [3.63, 3.8) is 0 Å². The standard InChI is InChI=1S/C23H25N3OS/c1-18-21(28-22(24-18)16-19-8-4-2-5-9-19)17-23(27)26-14-12-25(13-15-26)20-10-6-3-7-11-20/h2-11H,12-17H2,1H3. The molecule has 0 radical (unpaired) electrons. The number of piperazine rings is 1. The summed E-state index contributed by atoms with van der Waals surface area (Å²) >= 11 is 1.68. The quantitative estimate of drug-likeness (QED) is 0.661. The maximum Gasteiger partial charge on any atom is 0.228 e. The van der Waals surface area contributed by atoms with Crippen LogP contribution in [0.15, 0.2) is 60.7 Å². The number of carbonyl (C=O) groups excluding carboxylic acids is 1. The number of carbonyl (C=O) groups is 1. The summed E-state index contributed by atoms with van der Waals surface area (Å²) in [7, 11) is 0. The van der Waals surface area contributed by atoms with Gasteiger partial charge < -0.3 is 9.80 Å². The van der Waals surface area contributed by atoms with Crippen molar-refractivity contribution in [3.05, 3.63) is 81.8 Å². The number of aryl methyl sites for hydroxylation is 1. The molecule has 0 aliphatic carbocycles. The predicted octanol–water partition coefficient (Wildman–Crippen LogP) is 3.93. The lowest BCUT2D eigenvalue weighted by Crippen LogP contribution is -2.49. The lowest BCUT2D eigenvalue weighted by Gasteiger charge is -2.36. The van der Waals surface area contributed by atoms with Crippen molar-refractivity contribution in [1.82, 2.24) is 9.88 Å². The van der Waals surface area contributed by atoms with Crippen molar-refractivity contribution >= 4 is 22.9 Å². The summed E-state index contributed by atoms with van der Waals surface area (Å²) < 4.78 is 0. The van der Waals surface area contributed by atoms with Gasteiger partial charge >= 0.3 is 0 Å². The molecule has 0 bridgehead atoms. The molecule has 2 heterocycles. The Labute approximate surface area is 170 Å². The van der Waals surface area contributed by atoms with E-state index >= 15 is 0 Å². The molecule has 4 rings (SSSR count). The summed E-state index contributed by atoms with van der Waals surface area (Å²) in [6, 6.07) is 20.8. The molecule has 5 heteroatoms. The monoisotopic (exact) mass is 391 g/mol. The SMILES string of the molecule is Cc1nc(Cc2ccccc2)sc1CC(=O)N1CCN(c2ccccc2)CC1. The Bertz CT molecular complexity index is 916. The third kappa shape index (κ3) is 4.42. The number of hydrogen-bond acceptors (Lipinski definition) is 4. The molecule has 0 N–H and O–H groups in total. The van der Waals surface area contributed by atoms with Crippen molar-refractivity contribution in [2.24, 2.45) is 0 Å². The molecule has 3 aromatic rings. The largest absolute Gasteiger partial charge is 0.368 e. The number of para-hydroxylation sites is 1. The minimum Gasteiger partial charge on any atom is -0.368 e. The maximum absolute atomic E-state index is 12.8. The van der Waals surface area contributed by atoms with Gasteiger partial charge in [0, 0.05) is 43.2 Å². The number of amides is 1. The number of rotatable bonds is 5. The number of benzene rings is 2. The molecule has 2 aromatic carbocycles. The van der Waals surface area contributed by atoms with Gasteiger partial charge in [-0.25, -0.2) is 4.98 Å². The molecule has 0 saturated carbocycles. The number of nitrogens with zero attached hydrogens (tertiary/aromatic N) is 3. The molecule has 0 spiro atoms. The van der Waals surface area contributed by atoms with Gasteiger partial charge in [-0.05, 0) is 24.6 Å². The van der Waals surface area contributed by atoms with Crippen molar-refractivity contribution in [2.75, 3.05) is 31.1 Å². The third-order valence-corrected chi connectivity index (χ3v) is 6.36. The topological polar surface area (TPSA) is 36.4 Å². The zero-order valence-electron chi connectivity index (χ0n) is 16.2. The first-order valence-electron chi connectivity index (χ1n) is 9.76. The van der Waals surface area contributed by atoms with E-state index in [4.69, 9.17) is 4.98 Å². The molecule has 4 nitrogen and oxygen atoms in total. The van der Waals surface area contributed by atoms with Crippen LogP contribution in [-0.2, 0) is 17.6 Å². The highest BCUT2D eigenvalue weighted by Crippen LogP contribution is 2.23. The molecule has 0 unspecified atom stereocenters. The van der Waals surface area contributed by atoms with Gasteiger partial charge in [-0.3, -0.25) is 4.79 Å². The lowest BCUT2D eigenvalue weighted by molar-refractivity contribution is -0.130. The Balaban J connectivity index is 1.34. The highest BCUT2D eigenvalue weighted by molar-refractivity contribution is 7.11. The van der Waals surface area contributed by atoms with Gasteiger partial charge in [0.1, 0.15) is 0 Å². The Morgan fingerprint density at radius 1 is 0.964 bits per heavy atom. The maximum atomic E-state index is 12.8. The lowest BCUT2D eigenvalue weighted by atomic mass is 10.2. The number of hydrogen-bond donors (Lipinski definition) is 0. The van der Waals surface area contributed by atoms with Crippen LogP contribution in [0.2, 0.25) is 0 Å². The fraction of sp³-hybridized carbons (Fsp3) is 0.304. The Hall–Kier alpha value is -2.66. The van der Waals surface area contributed by atoms with Gasteiger partial charge in [0.25, 0.3) is 0 Å². The first-order chi connectivity index (χ1) is 13.7. The second-order valence-corrected chi connectivity index (χ2v) is 8.33. The summed E-state index contributed by atoms with van der Waals surface area (Å²) in [5, 5.41) is 1.08. The fourth-order valence-electron chi connectivity index (χ4n) is 3.60. The van der Waals surface area contributed by atoms with Crippen LogP contribution in [0.25, 0.3) is 0 Å². The fourth-order valence-corrected chi connectivity index (χ4v) is 4.70. The molecule has 1 aromatic heterocycles. The van der Waals surface area contributed by atoms with E-state index in [1.54, 1.807) is 11.3 Å². The van der Waals surface area contributed by atoms with Gasteiger partial charge in [0.2, 0.25) is 5.91 Å². The first kappa shape index (κ1) is 18.7. The zero-order chi connectivity index (χ0) is 19.3. The summed E-state index contributed by atoms with van der Waals surface area (Å²) in [5.74, 6) is 0.214. The second-order valence-electron chi connectivity index (χ2n) is 7.16. The molecule has 1 saturated heterocycles. The van der Waals surface area contributed by atoms with Gasteiger partial charge in [-0.1, -0.05) is 48.5 Å². The van der Waals surface area contributed by atoms with E-state index in [1.165, 1.54) is 11.3 Å². The first-order valence-corrected chi connectivity index (χ1v) is 10.6. The smallest absolute Gasteiger partial charge is 0.228 e.